The first-order valence-corrected chi connectivity index (χ1v) is 4.94. The lowest BCUT2D eigenvalue weighted by Gasteiger charge is -1.96. The van der Waals surface area contributed by atoms with E-state index in [0.29, 0.717) is 21.4 Å². The minimum absolute atomic E-state index is 0.141. The molecule has 2 aromatic rings. The van der Waals surface area contributed by atoms with E-state index in [4.69, 9.17) is 28.9 Å². The fourth-order valence-electron chi connectivity index (χ4n) is 1.25. The second-order valence-electron chi connectivity index (χ2n) is 3.17. The van der Waals surface area contributed by atoms with Gasteiger partial charge in [-0.15, -0.1) is 0 Å². The fourth-order valence-corrected chi connectivity index (χ4v) is 1.61. The lowest BCUT2D eigenvalue weighted by Crippen LogP contribution is -2.06. The Labute approximate surface area is 91.2 Å². The average molecular weight is 230 g/mol. The fraction of sp³-hybridized carbons (Fsp3) is 0.222. The monoisotopic (exact) mass is 229 g/mol. The second kappa shape index (κ2) is 3.42. The Morgan fingerprint density at radius 2 is 2.14 bits per heavy atom. The molecule has 0 aliphatic heterocycles. The summed E-state index contributed by atoms with van der Waals surface area (Å²) in [6.45, 7) is 1.85. The van der Waals surface area contributed by atoms with Gasteiger partial charge < -0.3 is 10.7 Å². The number of halogens is 2. The maximum atomic E-state index is 5.99. The molecular weight excluding hydrogens is 221 g/mol. The summed E-state index contributed by atoms with van der Waals surface area (Å²) >= 11 is 11.8. The summed E-state index contributed by atoms with van der Waals surface area (Å²) in [6, 6.07) is 3.43. The largest absolute Gasteiger partial charge is 0.341 e. The average Bonchev–Trinajstić information content (AvgIpc) is 2.56. The van der Waals surface area contributed by atoms with Crippen molar-refractivity contribution in [2.45, 2.75) is 13.0 Å². The Balaban J connectivity index is 2.71. The summed E-state index contributed by atoms with van der Waals surface area (Å²) in [7, 11) is 0. The van der Waals surface area contributed by atoms with Crippen molar-refractivity contribution in [2.75, 3.05) is 0 Å². The van der Waals surface area contributed by atoms with Crippen LogP contribution in [0.2, 0.25) is 10.0 Å². The van der Waals surface area contributed by atoms with Crippen molar-refractivity contribution in [1.82, 2.24) is 9.97 Å². The van der Waals surface area contributed by atoms with Gasteiger partial charge in [-0.25, -0.2) is 4.98 Å². The van der Waals surface area contributed by atoms with E-state index in [1.165, 1.54) is 0 Å². The standard InChI is InChI=1S/C9H9Cl2N3/c1-4(12)9-13-6-3-2-5(10)7(11)8(6)14-9/h2-4H,12H2,1H3,(H,13,14). The third-order valence-electron chi connectivity index (χ3n) is 2.00. The molecule has 0 saturated heterocycles. The first kappa shape index (κ1) is 9.77. The molecule has 1 aromatic heterocycles. The number of aromatic amines is 1. The highest BCUT2D eigenvalue weighted by Gasteiger charge is 2.10. The highest BCUT2D eigenvalue weighted by Crippen LogP contribution is 2.29. The van der Waals surface area contributed by atoms with Crippen LogP contribution in [0, 0.1) is 0 Å². The van der Waals surface area contributed by atoms with Gasteiger partial charge in [0, 0.05) is 0 Å². The predicted octanol–water partition coefficient (Wildman–Crippen LogP) is 2.89. The van der Waals surface area contributed by atoms with E-state index in [9.17, 15) is 0 Å². The van der Waals surface area contributed by atoms with Crippen molar-refractivity contribution in [3.05, 3.63) is 28.0 Å². The zero-order valence-electron chi connectivity index (χ0n) is 7.51. The number of H-pyrrole nitrogens is 1. The van der Waals surface area contributed by atoms with Crippen LogP contribution in [0.3, 0.4) is 0 Å². The summed E-state index contributed by atoms with van der Waals surface area (Å²) in [4.78, 5) is 7.36. The molecule has 3 nitrogen and oxygen atoms in total. The molecule has 3 N–H and O–H groups in total. The van der Waals surface area contributed by atoms with Crippen molar-refractivity contribution in [1.29, 1.82) is 0 Å². The van der Waals surface area contributed by atoms with Gasteiger partial charge in [0.2, 0.25) is 0 Å². The molecule has 0 aliphatic rings. The summed E-state index contributed by atoms with van der Waals surface area (Å²) in [5.41, 5.74) is 7.22. The zero-order chi connectivity index (χ0) is 10.3. The molecule has 1 aromatic carbocycles. The normalized spacial score (nSPS) is 13.4. The third kappa shape index (κ3) is 1.47. The SMILES string of the molecule is CC(N)c1nc2c(Cl)c(Cl)ccc2[nH]1. The molecule has 2 rings (SSSR count). The zero-order valence-corrected chi connectivity index (χ0v) is 9.02. The number of nitrogens with zero attached hydrogens (tertiary/aromatic N) is 1. The first-order chi connectivity index (χ1) is 6.59. The second-order valence-corrected chi connectivity index (χ2v) is 3.95. The van der Waals surface area contributed by atoms with Crippen molar-refractivity contribution in [3.63, 3.8) is 0 Å². The van der Waals surface area contributed by atoms with E-state index < -0.39 is 0 Å². The van der Waals surface area contributed by atoms with E-state index >= 15 is 0 Å². The lowest BCUT2D eigenvalue weighted by atomic mass is 10.3. The van der Waals surface area contributed by atoms with E-state index in [1.807, 2.05) is 13.0 Å². The van der Waals surface area contributed by atoms with Gasteiger partial charge in [0.05, 0.1) is 21.6 Å². The van der Waals surface area contributed by atoms with Gasteiger partial charge >= 0.3 is 0 Å². The van der Waals surface area contributed by atoms with Crippen LogP contribution < -0.4 is 5.73 Å². The van der Waals surface area contributed by atoms with Gasteiger partial charge in [0.25, 0.3) is 0 Å². The van der Waals surface area contributed by atoms with Gasteiger partial charge in [-0.1, -0.05) is 23.2 Å². The molecule has 1 unspecified atom stereocenters. The van der Waals surface area contributed by atoms with Crippen LogP contribution in [0.15, 0.2) is 12.1 Å². The molecule has 0 saturated carbocycles. The quantitative estimate of drug-likeness (QED) is 0.791. The van der Waals surface area contributed by atoms with Gasteiger partial charge in [0.1, 0.15) is 11.3 Å². The summed E-state index contributed by atoms with van der Waals surface area (Å²) in [5, 5.41) is 0.967. The van der Waals surface area contributed by atoms with E-state index in [1.54, 1.807) is 6.07 Å². The lowest BCUT2D eigenvalue weighted by molar-refractivity contribution is 0.760. The third-order valence-corrected chi connectivity index (χ3v) is 2.79. The number of nitrogens with two attached hydrogens (primary N) is 1. The Kier molecular flexibility index (Phi) is 2.39. The summed E-state index contributed by atoms with van der Waals surface area (Å²) in [6.07, 6.45) is 0. The highest BCUT2D eigenvalue weighted by molar-refractivity contribution is 6.44. The van der Waals surface area contributed by atoms with E-state index in [2.05, 4.69) is 9.97 Å². The number of hydrogen-bond donors (Lipinski definition) is 2. The molecule has 0 radical (unpaired) electrons. The Hall–Kier alpha value is -0.770. The molecule has 5 heteroatoms. The minimum atomic E-state index is -0.141. The molecule has 0 bridgehead atoms. The molecule has 74 valence electrons. The molecule has 0 fully saturated rings. The van der Waals surface area contributed by atoms with Crippen LogP contribution in [-0.2, 0) is 0 Å². The van der Waals surface area contributed by atoms with Crippen molar-refractivity contribution in [3.8, 4) is 0 Å². The molecular formula is C9H9Cl2N3. The number of benzene rings is 1. The number of rotatable bonds is 1. The smallest absolute Gasteiger partial charge is 0.124 e. The number of hydrogen-bond acceptors (Lipinski definition) is 2. The molecule has 0 spiro atoms. The summed E-state index contributed by atoms with van der Waals surface area (Å²) < 4.78 is 0. The highest BCUT2D eigenvalue weighted by atomic mass is 35.5. The van der Waals surface area contributed by atoms with Crippen LogP contribution in [0.25, 0.3) is 11.0 Å². The van der Waals surface area contributed by atoms with Gasteiger partial charge in [-0.2, -0.15) is 0 Å². The first-order valence-electron chi connectivity index (χ1n) is 4.19. The summed E-state index contributed by atoms with van der Waals surface area (Å²) in [5.74, 6) is 0.712. The molecule has 1 atom stereocenters. The Bertz CT molecular complexity index is 476. The minimum Gasteiger partial charge on any atom is -0.341 e. The number of aromatic nitrogens is 2. The van der Waals surface area contributed by atoms with Gasteiger partial charge in [-0.05, 0) is 19.1 Å². The molecule has 1 heterocycles. The number of fused-ring (bicyclic) bond motifs is 1. The van der Waals surface area contributed by atoms with Gasteiger partial charge in [0.15, 0.2) is 0 Å². The van der Waals surface area contributed by atoms with Gasteiger partial charge in [-0.3, -0.25) is 0 Å². The van der Waals surface area contributed by atoms with Crippen LogP contribution in [0.4, 0.5) is 0 Å². The number of imidazole rings is 1. The maximum Gasteiger partial charge on any atom is 0.124 e. The van der Waals surface area contributed by atoms with Crippen LogP contribution in [-0.4, -0.2) is 9.97 Å². The van der Waals surface area contributed by atoms with E-state index in [0.717, 1.165) is 5.52 Å². The predicted molar refractivity (Wildman–Crippen MR) is 58.7 cm³/mol. The van der Waals surface area contributed by atoms with Crippen LogP contribution in [0.1, 0.15) is 18.8 Å². The molecule has 0 aliphatic carbocycles. The van der Waals surface area contributed by atoms with Crippen molar-refractivity contribution in [2.24, 2.45) is 5.73 Å². The van der Waals surface area contributed by atoms with Crippen LogP contribution in [0.5, 0.6) is 0 Å². The Morgan fingerprint density at radius 1 is 1.43 bits per heavy atom. The van der Waals surface area contributed by atoms with E-state index in [-0.39, 0.29) is 6.04 Å². The molecule has 0 amide bonds. The van der Waals surface area contributed by atoms with Crippen molar-refractivity contribution >= 4 is 34.2 Å². The van der Waals surface area contributed by atoms with Crippen LogP contribution >= 0.6 is 23.2 Å². The topological polar surface area (TPSA) is 54.7 Å². The Morgan fingerprint density at radius 3 is 2.79 bits per heavy atom. The van der Waals surface area contributed by atoms with Crippen molar-refractivity contribution < 1.29 is 0 Å². The molecule has 14 heavy (non-hydrogen) atoms. The maximum absolute atomic E-state index is 5.99. The number of nitrogens with one attached hydrogen (secondary N) is 1.